The van der Waals surface area contributed by atoms with Crippen LogP contribution < -0.4 is 0 Å². The topological polar surface area (TPSA) is 64.8 Å². The summed E-state index contributed by atoms with van der Waals surface area (Å²) in [7, 11) is -1.58. The summed E-state index contributed by atoms with van der Waals surface area (Å²) in [5.41, 5.74) is 0. The molecule has 0 spiro atoms. The maximum atomic E-state index is 12.3. The van der Waals surface area contributed by atoms with Gasteiger partial charge in [0.05, 0.1) is 4.90 Å². The van der Waals surface area contributed by atoms with Crippen molar-refractivity contribution in [2.75, 3.05) is 5.75 Å². The maximum absolute atomic E-state index is 12.3. The third-order valence-electron chi connectivity index (χ3n) is 2.89. The highest BCUT2D eigenvalue weighted by Gasteiger charge is 2.20. The first kappa shape index (κ1) is 16.0. The number of aromatic nitrogens is 3. The molecule has 0 bridgehead atoms. The number of hydrogen-bond donors (Lipinski definition) is 0. The molecule has 2 rings (SSSR count). The van der Waals surface area contributed by atoms with E-state index < -0.39 is 9.84 Å². The largest absolute Gasteiger partial charge is 0.308 e. The van der Waals surface area contributed by atoms with Crippen molar-refractivity contribution in [3.63, 3.8) is 0 Å². The molecule has 0 amide bonds. The average molecular weight is 325 g/mol. The normalized spacial score (nSPS) is 12.0. The Bertz CT molecular complexity index is 694. The van der Waals surface area contributed by atoms with E-state index in [9.17, 15) is 8.42 Å². The molecule has 2 aromatic rings. The van der Waals surface area contributed by atoms with Gasteiger partial charge in [-0.05, 0) is 18.1 Å². The number of thioether (sulfide) groups is 1. The molecule has 0 aliphatic heterocycles. The van der Waals surface area contributed by atoms with Crippen molar-refractivity contribution in [3.8, 4) is 0 Å². The molecule has 21 heavy (non-hydrogen) atoms. The summed E-state index contributed by atoms with van der Waals surface area (Å²) < 4.78 is 26.4. The molecule has 7 heteroatoms. The van der Waals surface area contributed by atoms with Crippen LogP contribution in [-0.4, -0.2) is 28.9 Å². The summed E-state index contributed by atoms with van der Waals surface area (Å²) in [5, 5.41) is 8.85. The molecule has 0 radical (unpaired) electrons. The minimum atomic E-state index is -3.39. The van der Waals surface area contributed by atoms with Crippen LogP contribution in [0.1, 0.15) is 19.7 Å². The molecule has 5 nitrogen and oxygen atoms in total. The summed E-state index contributed by atoms with van der Waals surface area (Å²) in [6.07, 6.45) is 0. The van der Waals surface area contributed by atoms with Crippen LogP contribution in [0.15, 0.2) is 40.4 Å². The molecule has 1 aromatic carbocycles. The lowest BCUT2D eigenvalue weighted by Gasteiger charge is -2.06. The molecule has 0 atom stereocenters. The van der Waals surface area contributed by atoms with E-state index in [0.717, 1.165) is 10.9 Å². The standard InChI is InChI=1S/C14H19N3O2S2/c1-11(2)9-20-14-16-15-13(17(14)3)10-21(18,19)12-7-5-4-6-8-12/h4-8,11H,9-10H2,1-3H3. The third-order valence-corrected chi connectivity index (χ3v) is 5.97. The minimum absolute atomic E-state index is 0.136. The Morgan fingerprint density at radius 1 is 1.19 bits per heavy atom. The van der Waals surface area contributed by atoms with Gasteiger partial charge in [0.25, 0.3) is 0 Å². The molecule has 1 aromatic heterocycles. The van der Waals surface area contributed by atoms with E-state index in [1.807, 2.05) is 0 Å². The van der Waals surface area contributed by atoms with Gasteiger partial charge in [-0.3, -0.25) is 0 Å². The van der Waals surface area contributed by atoms with E-state index in [1.54, 1.807) is 53.7 Å². The molecule has 0 saturated heterocycles. The summed E-state index contributed by atoms with van der Waals surface area (Å²) in [4.78, 5) is 0.310. The smallest absolute Gasteiger partial charge is 0.190 e. The van der Waals surface area contributed by atoms with Gasteiger partial charge in [0.1, 0.15) is 11.6 Å². The first-order chi connectivity index (χ1) is 9.90. The monoisotopic (exact) mass is 325 g/mol. The second-order valence-electron chi connectivity index (χ2n) is 5.23. The van der Waals surface area contributed by atoms with Gasteiger partial charge in [-0.1, -0.05) is 43.8 Å². The van der Waals surface area contributed by atoms with Crippen molar-refractivity contribution >= 4 is 21.6 Å². The van der Waals surface area contributed by atoms with Crippen LogP contribution in [0.5, 0.6) is 0 Å². The Labute approximate surface area is 129 Å². The number of benzene rings is 1. The second-order valence-corrected chi connectivity index (χ2v) is 8.21. The van der Waals surface area contributed by atoms with Crippen LogP contribution in [0.4, 0.5) is 0 Å². The second kappa shape index (κ2) is 6.62. The Kier molecular flexibility index (Phi) is 5.05. The fourth-order valence-corrected chi connectivity index (χ4v) is 3.93. The molecule has 0 N–H and O–H groups in total. The SMILES string of the molecule is CC(C)CSc1nnc(CS(=O)(=O)c2ccccc2)n1C. The zero-order valence-electron chi connectivity index (χ0n) is 12.4. The van der Waals surface area contributed by atoms with Crippen LogP contribution in [0.2, 0.25) is 0 Å². The van der Waals surface area contributed by atoms with Crippen molar-refractivity contribution < 1.29 is 8.42 Å². The summed E-state index contributed by atoms with van der Waals surface area (Å²) >= 11 is 1.59. The van der Waals surface area contributed by atoms with Gasteiger partial charge in [-0.15, -0.1) is 10.2 Å². The van der Waals surface area contributed by atoms with E-state index in [2.05, 4.69) is 24.0 Å². The van der Waals surface area contributed by atoms with E-state index in [1.165, 1.54) is 0 Å². The molecule has 0 aliphatic rings. The first-order valence-corrected chi connectivity index (χ1v) is 9.33. The van der Waals surface area contributed by atoms with Crippen molar-refractivity contribution in [1.82, 2.24) is 14.8 Å². The zero-order chi connectivity index (χ0) is 15.5. The Balaban J connectivity index is 2.17. The molecule has 0 aliphatic carbocycles. The van der Waals surface area contributed by atoms with Crippen LogP contribution in [0, 0.1) is 5.92 Å². The average Bonchev–Trinajstić information content (AvgIpc) is 2.78. The van der Waals surface area contributed by atoms with Gasteiger partial charge in [0.15, 0.2) is 15.0 Å². The number of sulfone groups is 1. The van der Waals surface area contributed by atoms with Gasteiger partial charge >= 0.3 is 0 Å². The van der Waals surface area contributed by atoms with E-state index in [4.69, 9.17) is 0 Å². The predicted molar refractivity (Wildman–Crippen MR) is 83.9 cm³/mol. The fraction of sp³-hybridized carbons (Fsp3) is 0.429. The number of rotatable bonds is 6. The lowest BCUT2D eigenvalue weighted by molar-refractivity contribution is 0.591. The Morgan fingerprint density at radius 3 is 2.48 bits per heavy atom. The predicted octanol–water partition coefficient (Wildman–Crippen LogP) is 2.54. The number of hydrogen-bond acceptors (Lipinski definition) is 5. The maximum Gasteiger partial charge on any atom is 0.190 e. The Morgan fingerprint density at radius 2 is 1.86 bits per heavy atom. The third kappa shape index (κ3) is 4.07. The fourth-order valence-electron chi connectivity index (χ4n) is 1.72. The summed E-state index contributed by atoms with van der Waals surface area (Å²) in [5.74, 6) is 1.80. The van der Waals surface area contributed by atoms with Gasteiger partial charge in [0.2, 0.25) is 0 Å². The van der Waals surface area contributed by atoms with Gasteiger partial charge in [-0.2, -0.15) is 0 Å². The van der Waals surface area contributed by atoms with Crippen molar-refractivity contribution in [2.24, 2.45) is 13.0 Å². The van der Waals surface area contributed by atoms with Crippen LogP contribution in [-0.2, 0) is 22.6 Å². The lowest BCUT2D eigenvalue weighted by Crippen LogP contribution is -2.09. The molecule has 114 valence electrons. The Hall–Kier alpha value is -1.34. The van der Waals surface area contributed by atoms with Crippen molar-refractivity contribution in [1.29, 1.82) is 0 Å². The molecule has 0 fully saturated rings. The number of nitrogens with zero attached hydrogens (tertiary/aromatic N) is 3. The van der Waals surface area contributed by atoms with Crippen LogP contribution in [0.3, 0.4) is 0 Å². The van der Waals surface area contributed by atoms with Gasteiger partial charge in [-0.25, -0.2) is 8.42 Å². The molecular weight excluding hydrogens is 306 g/mol. The lowest BCUT2D eigenvalue weighted by atomic mass is 10.3. The molecule has 0 unspecified atom stereocenters. The van der Waals surface area contributed by atoms with Gasteiger partial charge in [0, 0.05) is 12.8 Å². The van der Waals surface area contributed by atoms with Gasteiger partial charge < -0.3 is 4.57 Å². The summed E-state index contributed by atoms with van der Waals surface area (Å²) in [6, 6.07) is 8.42. The highest BCUT2D eigenvalue weighted by atomic mass is 32.2. The highest BCUT2D eigenvalue weighted by Crippen LogP contribution is 2.21. The van der Waals surface area contributed by atoms with Crippen LogP contribution >= 0.6 is 11.8 Å². The van der Waals surface area contributed by atoms with E-state index in [-0.39, 0.29) is 5.75 Å². The van der Waals surface area contributed by atoms with Crippen molar-refractivity contribution in [3.05, 3.63) is 36.2 Å². The zero-order valence-corrected chi connectivity index (χ0v) is 14.0. The minimum Gasteiger partial charge on any atom is -0.308 e. The molecule has 0 saturated carbocycles. The molecule has 1 heterocycles. The van der Waals surface area contributed by atoms with Crippen LogP contribution in [0.25, 0.3) is 0 Å². The van der Waals surface area contributed by atoms with E-state index >= 15 is 0 Å². The highest BCUT2D eigenvalue weighted by molar-refractivity contribution is 7.99. The molecular formula is C14H19N3O2S2. The first-order valence-electron chi connectivity index (χ1n) is 6.69. The summed E-state index contributed by atoms with van der Waals surface area (Å²) in [6.45, 7) is 4.26. The van der Waals surface area contributed by atoms with Crippen molar-refractivity contribution in [2.45, 2.75) is 29.7 Å². The van der Waals surface area contributed by atoms with E-state index in [0.29, 0.717) is 16.6 Å². The quantitative estimate of drug-likeness (QED) is 0.764.